The minimum absolute atomic E-state index is 0.167. The molecule has 0 fully saturated rings. The van der Waals surface area contributed by atoms with Crippen LogP contribution in [0.15, 0.2) is 64.8 Å². The van der Waals surface area contributed by atoms with Gasteiger partial charge in [0.05, 0.1) is 22.1 Å². The summed E-state index contributed by atoms with van der Waals surface area (Å²) in [6.07, 6.45) is 6.57. The van der Waals surface area contributed by atoms with Crippen molar-refractivity contribution in [3.8, 4) is 11.4 Å². The van der Waals surface area contributed by atoms with Gasteiger partial charge in [0.2, 0.25) is 0 Å². The van der Waals surface area contributed by atoms with Crippen molar-refractivity contribution in [3.05, 3.63) is 87.2 Å². The first-order valence-corrected chi connectivity index (χ1v) is 12.4. The Balaban J connectivity index is 0.00000199. The number of benzene rings is 2. The normalized spacial score (nSPS) is 11.6. The lowest BCUT2D eigenvalue weighted by Gasteiger charge is -2.12. The standard InChI is InChI=1S/C26H28BrN3O2.C2H6/c1-5-17(3)13-24-22(16-29-30(24)20-10-7-18(4)8-11-20)21(6-2)26(32)28-15-19-9-12-25(31)23(27)14-19;1-2/h6-14,16,31H,5,15H2,1-4H3,(H,28,32);1-2H3/b17-13+,21-6+;. The maximum atomic E-state index is 13.1. The topological polar surface area (TPSA) is 67.2 Å². The molecular formula is C28H34BrN3O2. The number of rotatable bonds is 7. The Morgan fingerprint density at radius 2 is 1.85 bits per heavy atom. The molecule has 1 heterocycles. The fourth-order valence-corrected chi connectivity index (χ4v) is 3.70. The van der Waals surface area contributed by atoms with Crippen LogP contribution in [0.25, 0.3) is 17.3 Å². The summed E-state index contributed by atoms with van der Waals surface area (Å²) < 4.78 is 2.47. The molecule has 2 aromatic carbocycles. The average molecular weight is 525 g/mol. The van der Waals surface area contributed by atoms with Gasteiger partial charge < -0.3 is 10.4 Å². The Bertz CT molecular complexity index is 1170. The van der Waals surface area contributed by atoms with Crippen LogP contribution in [0.4, 0.5) is 0 Å². The molecule has 3 aromatic rings. The number of aromatic nitrogens is 2. The third kappa shape index (κ3) is 6.70. The van der Waals surface area contributed by atoms with Gasteiger partial charge in [0.15, 0.2) is 0 Å². The predicted molar refractivity (Wildman–Crippen MR) is 145 cm³/mol. The van der Waals surface area contributed by atoms with Crippen LogP contribution in [0.3, 0.4) is 0 Å². The summed E-state index contributed by atoms with van der Waals surface area (Å²) in [4.78, 5) is 13.1. The van der Waals surface area contributed by atoms with Gasteiger partial charge in [0.1, 0.15) is 5.75 Å². The SMILES string of the molecule is C/C=C(/C(=O)NCc1ccc(O)c(Br)c1)c1cnn(-c2ccc(C)cc2)c1/C=C(\C)CC.CC. The van der Waals surface area contributed by atoms with E-state index >= 15 is 0 Å². The smallest absolute Gasteiger partial charge is 0.251 e. The number of carbonyl (C=O) groups excluding carboxylic acids is 1. The first-order chi connectivity index (χ1) is 16.3. The number of allylic oxidation sites excluding steroid dienone is 2. The minimum atomic E-state index is -0.177. The lowest BCUT2D eigenvalue weighted by molar-refractivity contribution is -0.115. The minimum Gasteiger partial charge on any atom is -0.507 e. The first-order valence-electron chi connectivity index (χ1n) is 11.6. The second kappa shape index (κ2) is 12.9. The van der Waals surface area contributed by atoms with Crippen molar-refractivity contribution >= 4 is 33.5 Å². The number of phenolic OH excluding ortho intramolecular Hbond substituents is 1. The van der Waals surface area contributed by atoms with Crippen molar-refractivity contribution in [2.75, 3.05) is 0 Å². The summed E-state index contributed by atoms with van der Waals surface area (Å²) >= 11 is 3.31. The van der Waals surface area contributed by atoms with E-state index in [0.29, 0.717) is 16.6 Å². The zero-order valence-corrected chi connectivity index (χ0v) is 22.4. The zero-order chi connectivity index (χ0) is 25.3. The van der Waals surface area contributed by atoms with Crippen LogP contribution in [0.1, 0.15) is 63.4 Å². The number of phenols is 1. The largest absolute Gasteiger partial charge is 0.507 e. The number of hydrogen-bond donors (Lipinski definition) is 2. The van der Waals surface area contributed by atoms with E-state index in [1.807, 2.05) is 43.7 Å². The highest BCUT2D eigenvalue weighted by molar-refractivity contribution is 9.10. The molecule has 0 aliphatic heterocycles. The summed E-state index contributed by atoms with van der Waals surface area (Å²) in [5, 5.41) is 17.3. The molecule has 0 radical (unpaired) electrons. The van der Waals surface area contributed by atoms with E-state index < -0.39 is 0 Å². The molecule has 1 amide bonds. The molecule has 0 aliphatic rings. The van der Waals surface area contributed by atoms with Gasteiger partial charge in [-0.15, -0.1) is 0 Å². The van der Waals surface area contributed by atoms with E-state index in [9.17, 15) is 9.90 Å². The van der Waals surface area contributed by atoms with E-state index in [1.165, 1.54) is 11.1 Å². The van der Waals surface area contributed by atoms with Gasteiger partial charge in [-0.05, 0) is 79.0 Å². The summed E-state index contributed by atoms with van der Waals surface area (Å²) in [5.41, 5.74) is 6.44. The molecule has 0 unspecified atom stereocenters. The molecule has 0 aliphatic carbocycles. The van der Waals surface area contributed by atoms with Crippen LogP contribution < -0.4 is 5.32 Å². The Labute approximate surface area is 211 Å². The Morgan fingerprint density at radius 1 is 1.18 bits per heavy atom. The van der Waals surface area contributed by atoms with E-state index in [4.69, 9.17) is 0 Å². The Morgan fingerprint density at radius 3 is 2.44 bits per heavy atom. The van der Waals surface area contributed by atoms with Crippen LogP contribution >= 0.6 is 15.9 Å². The maximum Gasteiger partial charge on any atom is 0.251 e. The summed E-state index contributed by atoms with van der Waals surface area (Å²) in [7, 11) is 0. The summed E-state index contributed by atoms with van der Waals surface area (Å²) in [6, 6.07) is 13.3. The molecule has 5 nitrogen and oxygen atoms in total. The van der Waals surface area contributed by atoms with E-state index in [1.54, 1.807) is 24.4 Å². The summed E-state index contributed by atoms with van der Waals surface area (Å²) in [6.45, 7) is 12.4. The summed E-state index contributed by atoms with van der Waals surface area (Å²) in [5.74, 6) is -0.00980. The number of nitrogens with zero attached hydrogens (tertiary/aromatic N) is 2. The average Bonchev–Trinajstić information content (AvgIpc) is 3.25. The molecule has 2 N–H and O–H groups in total. The van der Waals surface area contributed by atoms with Crippen LogP contribution in [-0.2, 0) is 11.3 Å². The number of aromatic hydroxyl groups is 1. The third-order valence-corrected chi connectivity index (χ3v) is 5.95. The number of halogens is 1. The van der Waals surface area contributed by atoms with Crippen LogP contribution in [0.5, 0.6) is 5.75 Å². The Hall–Kier alpha value is -3.12. The number of amides is 1. The number of carbonyl (C=O) groups is 1. The van der Waals surface area contributed by atoms with Crippen molar-refractivity contribution < 1.29 is 9.90 Å². The number of nitrogens with one attached hydrogen (secondary N) is 1. The molecule has 34 heavy (non-hydrogen) atoms. The highest BCUT2D eigenvalue weighted by atomic mass is 79.9. The second-order valence-electron chi connectivity index (χ2n) is 7.71. The molecule has 0 saturated carbocycles. The van der Waals surface area contributed by atoms with Gasteiger partial charge in [0, 0.05) is 17.7 Å². The van der Waals surface area contributed by atoms with Gasteiger partial charge in [-0.25, -0.2) is 4.68 Å². The lowest BCUT2D eigenvalue weighted by atomic mass is 10.0. The monoisotopic (exact) mass is 523 g/mol. The molecule has 3 rings (SSSR count). The van der Waals surface area contributed by atoms with Gasteiger partial charge in [-0.1, -0.05) is 56.2 Å². The molecule has 0 spiro atoms. The van der Waals surface area contributed by atoms with Crippen LogP contribution in [0, 0.1) is 6.92 Å². The quantitative estimate of drug-likeness (QED) is 0.321. The van der Waals surface area contributed by atoms with E-state index in [-0.39, 0.29) is 11.7 Å². The third-order valence-electron chi connectivity index (χ3n) is 5.31. The Kier molecular flexibility index (Phi) is 10.3. The highest BCUT2D eigenvalue weighted by Crippen LogP contribution is 2.27. The van der Waals surface area contributed by atoms with E-state index in [2.05, 4.69) is 65.3 Å². The van der Waals surface area contributed by atoms with Gasteiger partial charge >= 0.3 is 0 Å². The lowest BCUT2D eigenvalue weighted by Crippen LogP contribution is -2.24. The number of hydrogen-bond acceptors (Lipinski definition) is 3. The highest BCUT2D eigenvalue weighted by Gasteiger charge is 2.19. The predicted octanol–water partition coefficient (Wildman–Crippen LogP) is 7.21. The fraction of sp³-hybridized carbons (Fsp3) is 0.286. The zero-order valence-electron chi connectivity index (χ0n) is 20.8. The van der Waals surface area contributed by atoms with Crippen LogP contribution in [-0.4, -0.2) is 20.8 Å². The van der Waals surface area contributed by atoms with Gasteiger partial charge in [-0.2, -0.15) is 5.10 Å². The second-order valence-corrected chi connectivity index (χ2v) is 8.56. The van der Waals surface area contributed by atoms with Crippen LogP contribution in [0.2, 0.25) is 0 Å². The maximum absolute atomic E-state index is 13.1. The molecule has 6 heteroatoms. The molecule has 0 atom stereocenters. The number of aryl methyl sites for hydroxylation is 1. The van der Waals surface area contributed by atoms with Crippen molar-refractivity contribution in [1.82, 2.24) is 15.1 Å². The molecule has 180 valence electrons. The fourth-order valence-electron chi connectivity index (χ4n) is 3.28. The van der Waals surface area contributed by atoms with Crippen molar-refractivity contribution in [2.45, 2.75) is 54.5 Å². The van der Waals surface area contributed by atoms with Gasteiger partial charge in [-0.3, -0.25) is 4.79 Å². The van der Waals surface area contributed by atoms with Crippen molar-refractivity contribution in [3.63, 3.8) is 0 Å². The first kappa shape index (κ1) is 27.1. The molecule has 0 bridgehead atoms. The molecule has 0 saturated heterocycles. The van der Waals surface area contributed by atoms with Crippen molar-refractivity contribution in [1.29, 1.82) is 0 Å². The van der Waals surface area contributed by atoms with Crippen molar-refractivity contribution in [2.24, 2.45) is 0 Å². The van der Waals surface area contributed by atoms with E-state index in [0.717, 1.165) is 28.9 Å². The molecule has 1 aromatic heterocycles. The molecular weight excluding hydrogens is 490 g/mol. The van der Waals surface area contributed by atoms with Gasteiger partial charge in [0.25, 0.3) is 5.91 Å².